The summed E-state index contributed by atoms with van der Waals surface area (Å²) in [6, 6.07) is 8.37. The first-order chi connectivity index (χ1) is 8.74. The van der Waals surface area contributed by atoms with E-state index in [0.717, 1.165) is 24.7 Å². The van der Waals surface area contributed by atoms with Gasteiger partial charge >= 0.3 is 0 Å². The van der Waals surface area contributed by atoms with Gasteiger partial charge in [-0.15, -0.1) is 0 Å². The molecule has 0 spiro atoms. The summed E-state index contributed by atoms with van der Waals surface area (Å²) in [4.78, 5) is 4.49. The molecule has 0 bridgehead atoms. The molecule has 0 aliphatic carbocycles. The SMILES string of the molecule is CC(C)c1noc(C2CNc3ccccc3C2)n1. The summed E-state index contributed by atoms with van der Waals surface area (Å²) in [5, 5.41) is 7.45. The minimum Gasteiger partial charge on any atom is -0.384 e. The minimum atomic E-state index is 0.278. The van der Waals surface area contributed by atoms with Crippen molar-refractivity contribution in [2.45, 2.75) is 32.1 Å². The number of aromatic nitrogens is 2. The molecule has 1 aromatic heterocycles. The first kappa shape index (κ1) is 11.3. The van der Waals surface area contributed by atoms with Crippen LogP contribution in [0.1, 0.15) is 43.0 Å². The van der Waals surface area contributed by atoms with Gasteiger partial charge in [-0.3, -0.25) is 0 Å². The zero-order valence-electron chi connectivity index (χ0n) is 10.7. The summed E-state index contributed by atoms with van der Waals surface area (Å²) in [7, 11) is 0. The number of hydrogen-bond acceptors (Lipinski definition) is 4. The van der Waals surface area contributed by atoms with Crippen molar-refractivity contribution in [1.29, 1.82) is 0 Å². The Morgan fingerprint density at radius 1 is 1.33 bits per heavy atom. The van der Waals surface area contributed by atoms with E-state index in [1.807, 2.05) is 0 Å². The molecule has 0 fully saturated rings. The lowest BCUT2D eigenvalue weighted by atomic mass is 9.94. The van der Waals surface area contributed by atoms with Gasteiger partial charge in [-0.05, 0) is 18.1 Å². The van der Waals surface area contributed by atoms with E-state index in [9.17, 15) is 0 Å². The van der Waals surface area contributed by atoms with E-state index in [0.29, 0.717) is 5.92 Å². The standard InChI is InChI=1S/C14H17N3O/c1-9(2)13-16-14(18-17-13)11-7-10-5-3-4-6-12(10)15-8-11/h3-6,9,11,15H,7-8H2,1-2H3. The van der Waals surface area contributed by atoms with E-state index in [1.165, 1.54) is 11.3 Å². The van der Waals surface area contributed by atoms with Crippen LogP contribution in [0, 0.1) is 0 Å². The van der Waals surface area contributed by atoms with Gasteiger partial charge in [-0.2, -0.15) is 4.98 Å². The van der Waals surface area contributed by atoms with Gasteiger partial charge in [0.05, 0.1) is 5.92 Å². The quantitative estimate of drug-likeness (QED) is 0.881. The molecule has 1 unspecified atom stereocenters. The van der Waals surface area contributed by atoms with Crippen molar-refractivity contribution in [3.63, 3.8) is 0 Å². The van der Waals surface area contributed by atoms with E-state index in [1.54, 1.807) is 0 Å². The molecule has 4 nitrogen and oxygen atoms in total. The van der Waals surface area contributed by atoms with Crippen molar-refractivity contribution in [1.82, 2.24) is 10.1 Å². The van der Waals surface area contributed by atoms with Gasteiger partial charge in [0.1, 0.15) is 0 Å². The molecule has 94 valence electrons. The Morgan fingerprint density at radius 3 is 2.94 bits per heavy atom. The normalized spacial score (nSPS) is 18.5. The number of para-hydroxylation sites is 1. The highest BCUT2D eigenvalue weighted by Crippen LogP contribution is 2.29. The molecule has 1 N–H and O–H groups in total. The molecule has 2 aromatic rings. The maximum absolute atomic E-state index is 5.38. The van der Waals surface area contributed by atoms with Gasteiger partial charge in [-0.1, -0.05) is 37.2 Å². The molecule has 4 heteroatoms. The van der Waals surface area contributed by atoms with Crippen LogP contribution in [0.2, 0.25) is 0 Å². The number of fused-ring (bicyclic) bond motifs is 1. The molecule has 0 amide bonds. The van der Waals surface area contributed by atoms with Crippen LogP contribution in [0.3, 0.4) is 0 Å². The van der Waals surface area contributed by atoms with Crippen LogP contribution in [-0.4, -0.2) is 16.7 Å². The predicted octanol–water partition coefficient (Wildman–Crippen LogP) is 2.94. The molecule has 3 rings (SSSR count). The Balaban J connectivity index is 1.83. The summed E-state index contributed by atoms with van der Waals surface area (Å²) in [6.45, 7) is 5.00. The van der Waals surface area contributed by atoms with Gasteiger partial charge in [0, 0.05) is 18.2 Å². The number of nitrogens with one attached hydrogen (secondary N) is 1. The van der Waals surface area contributed by atoms with E-state index in [2.05, 4.69) is 53.6 Å². The van der Waals surface area contributed by atoms with Gasteiger partial charge in [0.2, 0.25) is 5.89 Å². The minimum absolute atomic E-state index is 0.278. The first-order valence-electron chi connectivity index (χ1n) is 6.39. The zero-order valence-corrected chi connectivity index (χ0v) is 10.7. The lowest BCUT2D eigenvalue weighted by Crippen LogP contribution is -2.21. The summed E-state index contributed by atoms with van der Waals surface area (Å²) in [5.41, 5.74) is 2.54. The van der Waals surface area contributed by atoms with Crippen molar-refractivity contribution < 1.29 is 4.52 Å². The second-order valence-corrected chi connectivity index (χ2v) is 5.08. The Hall–Kier alpha value is -1.84. The summed E-state index contributed by atoms with van der Waals surface area (Å²) in [6.07, 6.45) is 0.961. The smallest absolute Gasteiger partial charge is 0.231 e. The van der Waals surface area contributed by atoms with Crippen LogP contribution in [0.4, 0.5) is 5.69 Å². The largest absolute Gasteiger partial charge is 0.384 e. The van der Waals surface area contributed by atoms with Crippen LogP contribution < -0.4 is 5.32 Å². The predicted molar refractivity (Wildman–Crippen MR) is 69.8 cm³/mol. The number of hydrogen-bond donors (Lipinski definition) is 1. The average Bonchev–Trinajstić information content (AvgIpc) is 2.88. The van der Waals surface area contributed by atoms with Crippen molar-refractivity contribution in [3.8, 4) is 0 Å². The average molecular weight is 243 g/mol. The Bertz CT molecular complexity index is 547. The molecule has 0 saturated carbocycles. The van der Waals surface area contributed by atoms with Crippen LogP contribution >= 0.6 is 0 Å². The lowest BCUT2D eigenvalue weighted by molar-refractivity contribution is 0.348. The lowest BCUT2D eigenvalue weighted by Gasteiger charge is -2.23. The van der Waals surface area contributed by atoms with Crippen LogP contribution in [0.5, 0.6) is 0 Å². The maximum Gasteiger partial charge on any atom is 0.231 e. The second kappa shape index (κ2) is 4.44. The fourth-order valence-electron chi connectivity index (χ4n) is 2.26. The van der Waals surface area contributed by atoms with Crippen molar-refractivity contribution in [2.75, 3.05) is 11.9 Å². The Labute approximate surface area is 106 Å². The highest BCUT2D eigenvalue weighted by Gasteiger charge is 2.24. The third kappa shape index (κ3) is 1.98. The zero-order chi connectivity index (χ0) is 12.5. The third-order valence-corrected chi connectivity index (χ3v) is 3.35. The van der Waals surface area contributed by atoms with Crippen molar-refractivity contribution >= 4 is 5.69 Å². The second-order valence-electron chi connectivity index (χ2n) is 5.08. The summed E-state index contributed by atoms with van der Waals surface area (Å²) < 4.78 is 5.38. The van der Waals surface area contributed by atoms with E-state index < -0.39 is 0 Å². The topological polar surface area (TPSA) is 51.0 Å². The molecule has 1 aliphatic rings. The van der Waals surface area contributed by atoms with Gasteiger partial charge in [0.15, 0.2) is 5.82 Å². The highest BCUT2D eigenvalue weighted by atomic mass is 16.5. The van der Waals surface area contributed by atoms with Crippen molar-refractivity contribution in [3.05, 3.63) is 41.5 Å². The molecular weight excluding hydrogens is 226 g/mol. The number of rotatable bonds is 2. The molecule has 2 heterocycles. The third-order valence-electron chi connectivity index (χ3n) is 3.35. The van der Waals surface area contributed by atoms with Gasteiger partial charge in [0.25, 0.3) is 0 Å². The summed E-state index contributed by atoms with van der Waals surface area (Å²) in [5.74, 6) is 2.13. The molecule has 1 atom stereocenters. The highest BCUT2D eigenvalue weighted by molar-refractivity contribution is 5.53. The number of anilines is 1. The van der Waals surface area contributed by atoms with E-state index in [4.69, 9.17) is 4.52 Å². The molecule has 1 aliphatic heterocycles. The molecule has 0 saturated heterocycles. The first-order valence-corrected chi connectivity index (χ1v) is 6.39. The molecular formula is C14H17N3O. The van der Waals surface area contributed by atoms with Crippen LogP contribution in [0.15, 0.2) is 28.8 Å². The van der Waals surface area contributed by atoms with Gasteiger partial charge < -0.3 is 9.84 Å². The monoisotopic (exact) mass is 243 g/mol. The number of benzene rings is 1. The summed E-state index contributed by atoms with van der Waals surface area (Å²) >= 11 is 0. The maximum atomic E-state index is 5.38. The Morgan fingerprint density at radius 2 is 2.17 bits per heavy atom. The van der Waals surface area contributed by atoms with E-state index in [-0.39, 0.29) is 5.92 Å². The fraction of sp³-hybridized carbons (Fsp3) is 0.429. The van der Waals surface area contributed by atoms with E-state index >= 15 is 0 Å². The van der Waals surface area contributed by atoms with Crippen molar-refractivity contribution in [2.24, 2.45) is 0 Å². The van der Waals surface area contributed by atoms with Crippen LogP contribution in [-0.2, 0) is 6.42 Å². The Kier molecular flexibility index (Phi) is 2.78. The van der Waals surface area contributed by atoms with Crippen LogP contribution in [0.25, 0.3) is 0 Å². The molecule has 18 heavy (non-hydrogen) atoms. The molecule has 0 radical (unpaired) electrons. The fourth-order valence-corrected chi connectivity index (χ4v) is 2.26. The number of nitrogens with zero attached hydrogens (tertiary/aromatic N) is 2. The molecule has 1 aromatic carbocycles. The van der Waals surface area contributed by atoms with Gasteiger partial charge in [-0.25, -0.2) is 0 Å².